The number of aliphatic hydroxyl groups is 3. The van der Waals surface area contributed by atoms with Gasteiger partial charge < -0.3 is 20.6 Å². The topological polar surface area (TPSA) is 72.7 Å². The van der Waals surface area contributed by atoms with Crippen LogP contribution in [0.1, 0.15) is 6.92 Å². The van der Waals surface area contributed by atoms with Crippen molar-refractivity contribution < 1.29 is 15.3 Å². The standard InChI is InChI=1S/C8H19NO3S/c1-8(12,6-13-2)5-9-3-7(11)4-10/h7,9-12H,3-6H2,1-2H3/t7-,8?/m0/s1. The van der Waals surface area contributed by atoms with E-state index in [-0.39, 0.29) is 6.61 Å². The highest BCUT2D eigenvalue weighted by Crippen LogP contribution is 2.08. The van der Waals surface area contributed by atoms with E-state index in [9.17, 15) is 5.11 Å². The largest absolute Gasteiger partial charge is 0.394 e. The molecule has 5 heteroatoms. The van der Waals surface area contributed by atoms with Gasteiger partial charge in [-0.2, -0.15) is 11.8 Å². The summed E-state index contributed by atoms with van der Waals surface area (Å²) in [7, 11) is 0. The van der Waals surface area contributed by atoms with Gasteiger partial charge in [-0.05, 0) is 13.2 Å². The Morgan fingerprint density at radius 1 is 1.54 bits per heavy atom. The first-order valence-electron chi connectivity index (χ1n) is 4.23. The average Bonchev–Trinajstić information content (AvgIpc) is 2.03. The Hall–Kier alpha value is 0.190. The van der Waals surface area contributed by atoms with Gasteiger partial charge in [-0.25, -0.2) is 0 Å². The molecule has 2 atom stereocenters. The predicted octanol–water partition coefficient (Wildman–Crippen LogP) is -0.957. The van der Waals surface area contributed by atoms with Crippen LogP contribution in [0.5, 0.6) is 0 Å². The Labute approximate surface area is 83.3 Å². The molecule has 0 aromatic heterocycles. The maximum Gasteiger partial charge on any atom is 0.0894 e. The molecule has 0 heterocycles. The lowest BCUT2D eigenvalue weighted by Gasteiger charge is -2.23. The van der Waals surface area contributed by atoms with Crippen LogP contribution in [0.15, 0.2) is 0 Å². The molecule has 0 aliphatic carbocycles. The van der Waals surface area contributed by atoms with Gasteiger partial charge in [-0.3, -0.25) is 0 Å². The second-order valence-corrected chi connectivity index (χ2v) is 4.26. The Bertz CT molecular complexity index is 133. The number of hydrogen-bond donors (Lipinski definition) is 4. The highest BCUT2D eigenvalue weighted by Gasteiger charge is 2.18. The third-order valence-electron chi connectivity index (χ3n) is 1.55. The average molecular weight is 209 g/mol. The second-order valence-electron chi connectivity index (χ2n) is 3.40. The smallest absolute Gasteiger partial charge is 0.0894 e. The van der Waals surface area contributed by atoms with Crippen molar-refractivity contribution in [2.75, 3.05) is 31.7 Å². The van der Waals surface area contributed by atoms with Gasteiger partial charge in [0.15, 0.2) is 0 Å². The summed E-state index contributed by atoms with van der Waals surface area (Å²) in [5.74, 6) is 0.648. The zero-order valence-electron chi connectivity index (χ0n) is 8.16. The van der Waals surface area contributed by atoms with E-state index >= 15 is 0 Å². The third-order valence-corrected chi connectivity index (χ3v) is 2.46. The SMILES string of the molecule is CSCC(C)(O)CNC[C@H](O)CO. The fourth-order valence-corrected chi connectivity index (χ4v) is 1.66. The number of nitrogens with one attached hydrogen (secondary N) is 1. The summed E-state index contributed by atoms with van der Waals surface area (Å²) in [6.07, 6.45) is 1.18. The normalized spacial score (nSPS) is 18.2. The van der Waals surface area contributed by atoms with E-state index in [1.54, 1.807) is 18.7 Å². The first kappa shape index (κ1) is 13.2. The molecule has 13 heavy (non-hydrogen) atoms. The van der Waals surface area contributed by atoms with Gasteiger partial charge in [0.1, 0.15) is 0 Å². The molecule has 0 saturated heterocycles. The number of hydrogen-bond acceptors (Lipinski definition) is 5. The van der Waals surface area contributed by atoms with E-state index in [1.165, 1.54) is 0 Å². The zero-order valence-corrected chi connectivity index (χ0v) is 8.97. The Kier molecular flexibility index (Phi) is 6.71. The van der Waals surface area contributed by atoms with Crippen LogP contribution in [0.4, 0.5) is 0 Å². The van der Waals surface area contributed by atoms with E-state index in [4.69, 9.17) is 10.2 Å². The Morgan fingerprint density at radius 2 is 2.15 bits per heavy atom. The molecular weight excluding hydrogens is 190 g/mol. The van der Waals surface area contributed by atoms with Gasteiger partial charge in [0.25, 0.3) is 0 Å². The molecule has 0 fully saturated rings. The summed E-state index contributed by atoms with van der Waals surface area (Å²) in [4.78, 5) is 0. The van der Waals surface area contributed by atoms with Crippen LogP contribution in [-0.4, -0.2) is 58.7 Å². The summed E-state index contributed by atoms with van der Waals surface area (Å²) in [6.45, 7) is 2.21. The lowest BCUT2D eigenvalue weighted by molar-refractivity contribution is 0.0663. The minimum atomic E-state index is -0.755. The van der Waals surface area contributed by atoms with Crippen LogP contribution < -0.4 is 5.32 Å². The molecule has 4 N–H and O–H groups in total. The first-order valence-corrected chi connectivity index (χ1v) is 5.62. The number of rotatable bonds is 7. The minimum absolute atomic E-state index is 0.252. The summed E-state index contributed by atoms with van der Waals surface area (Å²) < 4.78 is 0. The molecule has 0 saturated carbocycles. The number of aliphatic hydroxyl groups excluding tert-OH is 2. The molecular formula is C8H19NO3S. The maximum atomic E-state index is 9.67. The van der Waals surface area contributed by atoms with E-state index in [0.717, 1.165) is 0 Å². The van der Waals surface area contributed by atoms with Crippen molar-refractivity contribution in [1.29, 1.82) is 0 Å². The zero-order chi connectivity index (χ0) is 10.3. The van der Waals surface area contributed by atoms with Crippen molar-refractivity contribution in [2.45, 2.75) is 18.6 Å². The molecule has 0 aliphatic rings. The van der Waals surface area contributed by atoms with E-state index in [1.807, 2.05) is 6.26 Å². The summed E-state index contributed by atoms with van der Waals surface area (Å²) >= 11 is 1.57. The summed E-state index contributed by atoms with van der Waals surface area (Å²) in [5, 5.41) is 30.1. The van der Waals surface area contributed by atoms with E-state index < -0.39 is 11.7 Å². The molecule has 0 aliphatic heterocycles. The van der Waals surface area contributed by atoms with Crippen LogP contribution >= 0.6 is 11.8 Å². The molecule has 0 spiro atoms. The molecule has 0 aromatic carbocycles. The van der Waals surface area contributed by atoms with Crippen LogP contribution in [0, 0.1) is 0 Å². The molecule has 0 bridgehead atoms. The lowest BCUT2D eigenvalue weighted by atomic mass is 10.1. The molecule has 0 amide bonds. The highest BCUT2D eigenvalue weighted by molar-refractivity contribution is 7.98. The van der Waals surface area contributed by atoms with Crippen molar-refractivity contribution in [3.8, 4) is 0 Å². The monoisotopic (exact) mass is 209 g/mol. The van der Waals surface area contributed by atoms with Crippen LogP contribution in [-0.2, 0) is 0 Å². The van der Waals surface area contributed by atoms with Gasteiger partial charge >= 0.3 is 0 Å². The Morgan fingerprint density at radius 3 is 2.62 bits per heavy atom. The molecule has 4 nitrogen and oxygen atoms in total. The predicted molar refractivity (Wildman–Crippen MR) is 55.0 cm³/mol. The van der Waals surface area contributed by atoms with Crippen molar-refractivity contribution in [2.24, 2.45) is 0 Å². The van der Waals surface area contributed by atoms with Crippen molar-refractivity contribution in [3.05, 3.63) is 0 Å². The fourth-order valence-electron chi connectivity index (χ4n) is 0.935. The van der Waals surface area contributed by atoms with Crippen LogP contribution in [0.25, 0.3) is 0 Å². The second kappa shape index (κ2) is 6.62. The summed E-state index contributed by atoms with van der Waals surface area (Å²) in [5.41, 5.74) is -0.755. The fraction of sp³-hybridized carbons (Fsp3) is 1.00. The first-order chi connectivity index (χ1) is 6.02. The van der Waals surface area contributed by atoms with E-state index in [0.29, 0.717) is 18.8 Å². The van der Waals surface area contributed by atoms with Gasteiger partial charge in [-0.15, -0.1) is 0 Å². The molecule has 0 rings (SSSR count). The van der Waals surface area contributed by atoms with Gasteiger partial charge in [0, 0.05) is 18.8 Å². The van der Waals surface area contributed by atoms with Crippen molar-refractivity contribution in [1.82, 2.24) is 5.32 Å². The van der Waals surface area contributed by atoms with Gasteiger partial charge in [0.05, 0.1) is 18.3 Å². The molecule has 0 radical (unpaired) electrons. The highest BCUT2D eigenvalue weighted by atomic mass is 32.2. The lowest BCUT2D eigenvalue weighted by Crippen LogP contribution is -2.43. The molecule has 1 unspecified atom stereocenters. The van der Waals surface area contributed by atoms with E-state index in [2.05, 4.69) is 5.32 Å². The maximum absolute atomic E-state index is 9.67. The van der Waals surface area contributed by atoms with Gasteiger partial charge in [0.2, 0.25) is 0 Å². The minimum Gasteiger partial charge on any atom is -0.394 e. The van der Waals surface area contributed by atoms with Crippen molar-refractivity contribution >= 4 is 11.8 Å². The Balaban J connectivity index is 3.50. The van der Waals surface area contributed by atoms with Gasteiger partial charge in [-0.1, -0.05) is 0 Å². The molecule has 80 valence electrons. The number of thioether (sulfide) groups is 1. The molecule has 0 aromatic rings. The van der Waals surface area contributed by atoms with Crippen LogP contribution in [0.3, 0.4) is 0 Å². The van der Waals surface area contributed by atoms with Crippen molar-refractivity contribution in [3.63, 3.8) is 0 Å². The summed E-state index contributed by atoms with van der Waals surface area (Å²) in [6, 6.07) is 0. The quantitative estimate of drug-likeness (QED) is 0.435. The third kappa shape index (κ3) is 7.28. The van der Waals surface area contributed by atoms with Crippen LogP contribution in [0.2, 0.25) is 0 Å².